The van der Waals surface area contributed by atoms with E-state index in [9.17, 15) is 20.0 Å². The highest BCUT2D eigenvalue weighted by Crippen LogP contribution is 2.46. The molecule has 4 rings (SSSR count). The highest BCUT2D eigenvalue weighted by atomic mass is 16.7. The lowest BCUT2D eigenvalue weighted by Gasteiger charge is -2.31. The zero-order valence-corrected chi connectivity index (χ0v) is 14.4. The fourth-order valence-corrected chi connectivity index (χ4v) is 3.49. The molecular weight excluding hydrogens is 352 g/mol. The molecule has 8 heteroatoms. The van der Waals surface area contributed by atoms with Gasteiger partial charge in [-0.3, -0.25) is 14.9 Å². The van der Waals surface area contributed by atoms with E-state index >= 15 is 0 Å². The largest absolute Gasteiger partial charge is 0.502 e. The van der Waals surface area contributed by atoms with Crippen LogP contribution in [0.15, 0.2) is 36.4 Å². The number of phenols is 1. The van der Waals surface area contributed by atoms with Crippen molar-refractivity contribution in [2.75, 3.05) is 5.32 Å². The third-order valence-electron chi connectivity index (χ3n) is 4.84. The molecule has 1 saturated carbocycles. The van der Waals surface area contributed by atoms with Gasteiger partial charge in [0.05, 0.1) is 4.92 Å². The van der Waals surface area contributed by atoms with E-state index in [1.807, 2.05) is 0 Å². The van der Waals surface area contributed by atoms with Crippen molar-refractivity contribution in [2.45, 2.75) is 37.9 Å². The zero-order valence-electron chi connectivity index (χ0n) is 14.4. The van der Waals surface area contributed by atoms with E-state index in [0.29, 0.717) is 17.2 Å². The molecule has 1 aliphatic carbocycles. The van der Waals surface area contributed by atoms with Gasteiger partial charge in [0.2, 0.25) is 0 Å². The summed E-state index contributed by atoms with van der Waals surface area (Å²) in [5.74, 6) is -0.402. The topological polar surface area (TPSA) is 111 Å². The molecule has 0 saturated heterocycles. The average molecular weight is 370 g/mol. The minimum Gasteiger partial charge on any atom is -0.502 e. The van der Waals surface area contributed by atoms with Crippen LogP contribution in [-0.4, -0.2) is 21.7 Å². The number of anilines is 1. The first-order valence-electron chi connectivity index (χ1n) is 8.77. The van der Waals surface area contributed by atoms with Gasteiger partial charge in [-0.15, -0.1) is 0 Å². The second-order valence-corrected chi connectivity index (χ2v) is 6.75. The van der Waals surface area contributed by atoms with Crippen molar-refractivity contribution in [3.8, 4) is 17.2 Å². The van der Waals surface area contributed by atoms with Crippen molar-refractivity contribution in [3.05, 3.63) is 52.1 Å². The molecule has 140 valence electrons. The van der Waals surface area contributed by atoms with Gasteiger partial charge in [0.25, 0.3) is 11.7 Å². The van der Waals surface area contributed by atoms with E-state index in [0.717, 1.165) is 37.8 Å². The Morgan fingerprint density at radius 3 is 2.52 bits per heavy atom. The molecule has 1 aliphatic heterocycles. The van der Waals surface area contributed by atoms with Crippen LogP contribution < -0.4 is 14.8 Å². The number of carbonyl (C=O) groups excluding carboxylic acids is 1. The number of nitrogens with one attached hydrogen (secondary N) is 1. The molecule has 0 radical (unpaired) electrons. The molecule has 1 heterocycles. The van der Waals surface area contributed by atoms with E-state index in [1.54, 1.807) is 18.2 Å². The Morgan fingerprint density at radius 2 is 1.81 bits per heavy atom. The van der Waals surface area contributed by atoms with Crippen LogP contribution in [0.2, 0.25) is 0 Å². The maximum absolute atomic E-state index is 12.4. The molecule has 0 aromatic heterocycles. The van der Waals surface area contributed by atoms with Gasteiger partial charge in [0.1, 0.15) is 0 Å². The number of nitrogens with zero attached hydrogens (tertiary/aromatic N) is 1. The van der Waals surface area contributed by atoms with Crippen molar-refractivity contribution in [1.29, 1.82) is 0 Å². The smallest absolute Gasteiger partial charge is 0.310 e. The second-order valence-electron chi connectivity index (χ2n) is 6.75. The summed E-state index contributed by atoms with van der Waals surface area (Å²) in [5, 5.41) is 23.1. The lowest BCUT2D eigenvalue weighted by molar-refractivity contribution is -0.385. The summed E-state index contributed by atoms with van der Waals surface area (Å²) in [4.78, 5) is 22.4. The number of fused-ring (bicyclic) bond motifs is 1. The van der Waals surface area contributed by atoms with E-state index in [-0.39, 0.29) is 5.56 Å². The number of nitro groups is 1. The first-order valence-corrected chi connectivity index (χ1v) is 8.77. The third-order valence-corrected chi connectivity index (χ3v) is 4.84. The summed E-state index contributed by atoms with van der Waals surface area (Å²) < 4.78 is 12.0. The zero-order chi connectivity index (χ0) is 19.0. The van der Waals surface area contributed by atoms with Gasteiger partial charge in [-0.25, -0.2) is 0 Å². The predicted molar refractivity (Wildman–Crippen MR) is 96.2 cm³/mol. The first-order chi connectivity index (χ1) is 13.0. The number of rotatable bonds is 3. The van der Waals surface area contributed by atoms with Crippen molar-refractivity contribution >= 4 is 17.3 Å². The molecule has 1 spiro atoms. The van der Waals surface area contributed by atoms with Crippen LogP contribution in [0.3, 0.4) is 0 Å². The highest BCUT2D eigenvalue weighted by Gasteiger charge is 2.42. The fraction of sp³-hybridized carbons (Fsp3) is 0.316. The number of ether oxygens (including phenoxy) is 2. The molecule has 1 amide bonds. The minimum atomic E-state index is -0.712. The molecule has 2 aromatic carbocycles. The summed E-state index contributed by atoms with van der Waals surface area (Å²) in [7, 11) is 0. The molecule has 0 atom stereocenters. The summed E-state index contributed by atoms with van der Waals surface area (Å²) in [5.41, 5.74) is 0.167. The Morgan fingerprint density at radius 1 is 1.07 bits per heavy atom. The number of carbonyl (C=O) groups is 1. The Hall–Kier alpha value is -3.29. The predicted octanol–water partition coefficient (Wildman–Crippen LogP) is 3.98. The standard InChI is InChI=1S/C19H18N2O6/c22-15-10-12(4-6-14(15)21(24)25)18(23)20-13-5-7-16-17(11-13)27-19(26-16)8-2-1-3-9-19/h4-7,10-11,22H,1-3,8-9H2,(H,20,23). The second kappa shape index (κ2) is 6.46. The summed E-state index contributed by atoms with van der Waals surface area (Å²) >= 11 is 0. The van der Waals surface area contributed by atoms with Crippen molar-refractivity contribution in [2.24, 2.45) is 0 Å². The fourth-order valence-electron chi connectivity index (χ4n) is 3.49. The van der Waals surface area contributed by atoms with Crippen LogP contribution in [0.25, 0.3) is 0 Å². The van der Waals surface area contributed by atoms with Gasteiger partial charge in [0, 0.05) is 36.2 Å². The number of aromatic hydroxyl groups is 1. The molecule has 27 heavy (non-hydrogen) atoms. The number of nitro benzene ring substituents is 1. The monoisotopic (exact) mass is 370 g/mol. The van der Waals surface area contributed by atoms with Crippen LogP contribution in [0.4, 0.5) is 11.4 Å². The first kappa shape index (κ1) is 17.1. The summed E-state index contributed by atoms with van der Waals surface area (Å²) in [6.45, 7) is 0. The van der Waals surface area contributed by atoms with Gasteiger partial charge < -0.3 is 19.9 Å². The molecule has 2 aliphatic rings. The van der Waals surface area contributed by atoms with Crippen molar-refractivity contribution in [3.63, 3.8) is 0 Å². The number of benzene rings is 2. The Bertz CT molecular complexity index is 920. The summed E-state index contributed by atoms with van der Waals surface area (Å²) in [6.07, 6.45) is 4.97. The van der Waals surface area contributed by atoms with Gasteiger partial charge in [-0.1, -0.05) is 6.42 Å². The molecule has 1 fully saturated rings. The quantitative estimate of drug-likeness (QED) is 0.624. The van der Waals surface area contributed by atoms with Gasteiger partial charge >= 0.3 is 5.69 Å². The molecular formula is C19H18N2O6. The molecule has 0 unspecified atom stereocenters. The van der Waals surface area contributed by atoms with Crippen LogP contribution in [0, 0.1) is 10.1 Å². The van der Waals surface area contributed by atoms with E-state index in [1.165, 1.54) is 12.5 Å². The van der Waals surface area contributed by atoms with Crippen LogP contribution in [0.1, 0.15) is 42.5 Å². The Balaban J connectivity index is 1.50. The van der Waals surface area contributed by atoms with Gasteiger partial charge in [-0.2, -0.15) is 0 Å². The average Bonchev–Trinajstić information content (AvgIpc) is 2.98. The Labute approximate surface area is 154 Å². The molecule has 2 N–H and O–H groups in total. The van der Waals surface area contributed by atoms with Crippen molar-refractivity contribution < 1.29 is 24.3 Å². The maximum Gasteiger partial charge on any atom is 0.310 e. The van der Waals surface area contributed by atoms with Gasteiger partial charge in [-0.05, 0) is 37.1 Å². The Kier molecular flexibility index (Phi) is 4.10. The molecule has 8 nitrogen and oxygen atoms in total. The van der Waals surface area contributed by atoms with E-state index < -0.39 is 28.1 Å². The number of hydrogen-bond acceptors (Lipinski definition) is 6. The number of hydrogen-bond donors (Lipinski definition) is 2. The SMILES string of the molecule is O=C(Nc1ccc2c(c1)OC1(CCCCC1)O2)c1ccc([N+](=O)[O-])c(O)c1. The third kappa shape index (κ3) is 3.25. The minimum absolute atomic E-state index is 0.111. The molecule has 0 bridgehead atoms. The molecule has 2 aromatic rings. The maximum atomic E-state index is 12.4. The number of amides is 1. The lowest BCUT2D eigenvalue weighted by Crippen LogP contribution is -2.40. The number of phenolic OH excluding ortho intramolecular Hbond substituents is 1. The summed E-state index contributed by atoms with van der Waals surface area (Å²) in [6, 6.07) is 8.60. The van der Waals surface area contributed by atoms with Gasteiger partial charge in [0.15, 0.2) is 17.2 Å². The van der Waals surface area contributed by atoms with E-state index in [2.05, 4.69) is 5.32 Å². The van der Waals surface area contributed by atoms with Crippen LogP contribution in [-0.2, 0) is 0 Å². The lowest BCUT2D eigenvalue weighted by atomic mass is 9.94. The van der Waals surface area contributed by atoms with Crippen LogP contribution >= 0.6 is 0 Å². The normalized spacial score (nSPS) is 16.9. The van der Waals surface area contributed by atoms with Crippen LogP contribution in [0.5, 0.6) is 17.2 Å². The van der Waals surface area contributed by atoms with E-state index in [4.69, 9.17) is 9.47 Å². The van der Waals surface area contributed by atoms with Crippen molar-refractivity contribution in [1.82, 2.24) is 0 Å². The highest BCUT2D eigenvalue weighted by molar-refractivity contribution is 6.04.